The predicted octanol–water partition coefficient (Wildman–Crippen LogP) is 3.23. The second-order valence-electron chi connectivity index (χ2n) is 8.38. The van der Waals surface area contributed by atoms with Gasteiger partial charge in [0.2, 0.25) is 5.91 Å². The van der Waals surface area contributed by atoms with Crippen LogP contribution >= 0.6 is 11.6 Å². The van der Waals surface area contributed by atoms with Crippen LogP contribution in [0.25, 0.3) is 0 Å². The molecule has 0 unspecified atom stereocenters. The lowest BCUT2D eigenvalue weighted by atomic mass is 9.39. The Balaban J connectivity index is 1.22. The molecule has 2 N–H and O–H groups in total. The van der Waals surface area contributed by atoms with Crippen molar-refractivity contribution in [3.8, 4) is 5.75 Å². The van der Waals surface area contributed by atoms with Gasteiger partial charge >= 0.3 is 0 Å². The van der Waals surface area contributed by atoms with Crippen molar-refractivity contribution >= 4 is 23.4 Å². The summed E-state index contributed by atoms with van der Waals surface area (Å²) in [6.07, 6.45) is 1.87. The summed E-state index contributed by atoms with van der Waals surface area (Å²) in [6.45, 7) is 4.09. The van der Waals surface area contributed by atoms with Gasteiger partial charge in [0.25, 0.3) is 5.91 Å². The van der Waals surface area contributed by atoms with Crippen LogP contribution in [0.1, 0.15) is 36.2 Å². The number of nitrogens with one attached hydrogen (secondary N) is 2. The van der Waals surface area contributed by atoms with E-state index in [9.17, 15) is 14.0 Å². The zero-order valence-electron chi connectivity index (χ0n) is 16.9. The molecule has 1 heterocycles. The molecule has 2 amide bonds. The molecular weight excluding hydrogens is 409 g/mol. The number of carbonyl (C=O) groups is 2. The number of hydrogen-bond donors (Lipinski definition) is 2. The van der Waals surface area contributed by atoms with E-state index >= 15 is 0 Å². The van der Waals surface area contributed by atoms with Crippen molar-refractivity contribution in [3.05, 3.63) is 58.1 Å². The van der Waals surface area contributed by atoms with Crippen molar-refractivity contribution in [1.29, 1.82) is 0 Å². The number of carbonyl (C=O) groups excluding carboxylic acids is 2. The van der Waals surface area contributed by atoms with Crippen LogP contribution in [0.5, 0.6) is 5.75 Å². The lowest BCUT2D eigenvalue weighted by Gasteiger charge is -2.69. The number of rotatable bonds is 7. The third kappa shape index (κ3) is 3.86. The van der Waals surface area contributed by atoms with E-state index in [1.807, 2.05) is 26.0 Å². The predicted molar refractivity (Wildman–Crippen MR) is 110 cm³/mol. The Morgan fingerprint density at radius 2 is 1.93 bits per heavy atom. The number of pyridine rings is 1. The molecule has 3 aliphatic carbocycles. The van der Waals surface area contributed by atoms with Gasteiger partial charge < -0.3 is 15.4 Å². The van der Waals surface area contributed by atoms with Crippen LogP contribution in [0.2, 0.25) is 5.02 Å². The largest absolute Gasteiger partial charge is 0.484 e. The van der Waals surface area contributed by atoms with Crippen molar-refractivity contribution in [2.45, 2.75) is 45.2 Å². The minimum absolute atomic E-state index is 0.00181. The molecule has 30 heavy (non-hydrogen) atoms. The van der Waals surface area contributed by atoms with Crippen molar-refractivity contribution in [1.82, 2.24) is 15.6 Å². The first-order chi connectivity index (χ1) is 14.2. The summed E-state index contributed by atoms with van der Waals surface area (Å²) in [6, 6.07) is 7.93. The van der Waals surface area contributed by atoms with Gasteiger partial charge in [-0.15, -0.1) is 0 Å². The van der Waals surface area contributed by atoms with E-state index in [0.717, 1.165) is 23.0 Å². The van der Waals surface area contributed by atoms with E-state index in [-0.39, 0.29) is 40.1 Å². The number of ether oxygens (including phenoxy) is 1. The van der Waals surface area contributed by atoms with Gasteiger partial charge in [0.15, 0.2) is 6.61 Å². The summed E-state index contributed by atoms with van der Waals surface area (Å²) in [5.41, 5.74) is 2.14. The van der Waals surface area contributed by atoms with Crippen LogP contribution in [0.3, 0.4) is 0 Å². The zero-order valence-corrected chi connectivity index (χ0v) is 17.6. The normalized spacial score (nSPS) is 23.7. The molecule has 158 valence electrons. The quantitative estimate of drug-likeness (QED) is 0.705. The molecule has 6 nitrogen and oxygen atoms in total. The number of benzene rings is 1. The highest BCUT2D eigenvalue weighted by atomic mass is 35.5. The molecule has 2 bridgehead atoms. The molecule has 3 aliphatic rings. The Morgan fingerprint density at radius 1 is 1.20 bits per heavy atom. The van der Waals surface area contributed by atoms with E-state index in [2.05, 4.69) is 15.6 Å². The van der Waals surface area contributed by atoms with E-state index in [0.29, 0.717) is 25.8 Å². The molecule has 5 rings (SSSR count). The zero-order chi connectivity index (χ0) is 21.5. The molecule has 0 atom stereocenters. The molecule has 3 fully saturated rings. The molecule has 1 aromatic carbocycles. The van der Waals surface area contributed by atoms with Gasteiger partial charge in [0.1, 0.15) is 11.6 Å². The maximum atomic E-state index is 13.4. The van der Waals surface area contributed by atoms with Crippen molar-refractivity contribution in [2.24, 2.45) is 5.41 Å². The number of halogens is 2. The summed E-state index contributed by atoms with van der Waals surface area (Å²) >= 11 is 5.63. The number of amides is 2. The maximum Gasteiger partial charge on any atom is 0.258 e. The highest BCUT2D eigenvalue weighted by Gasteiger charge is 2.72. The molecule has 0 radical (unpaired) electrons. The van der Waals surface area contributed by atoms with Crippen LogP contribution < -0.4 is 15.4 Å². The summed E-state index contributed by atoms with van der Waals surface area (Å²) in [7, 11) is 0. The average Bonchev–Trinajstić information content (AvgIpc) is 2.63. The topological polar surface area (TPSA) is 80.3 Å². The molecule has 0 spiro atoms. The number of aromatic nitrogens is 1. The molecular formula is C22H23ClFN3O3. The molecule has 1 aromatic heterocycles. The average molecular weight is 432 g/mol. The van der Waals surface area contributed by atoms with E-state index < -0.39 is 5.82 Å². The minimum atomic E-state index is -0.599. The Hall–Kier alpha value is -2.67. The van der Waals surface area contributed by atoms with E-state index in [1.54, 1.807) is 0 Å². The smallest absolute Gasteiger partial charge is 0.258 e. The van der Waals surface area contributed by atoms with Crippen LogP contribution in [0.4, 0.5) is 4.39 Å². The highest BCUT2D eigenvalue weighted by molar-refractivity contribution is 6.30. The second-order valence-corrected chi connectivity index (χ2v) is 8.79. The SMILES string of the molecule is Cc1ccc(CNC(=O)C23CC(NC(=O)COc4ccc(Cl)c(F)c4)(C2)C3)c(C)n1. The summed E-state index contributed by atoms with van der Waals surface area (Å²) in [4.78, 5) is 29.2. The fourth-order valence-electron chi connectivity index (χ4n) is 4.47. The van der Waals surface area contributed by atoms with Gasteiger partial charge in [-0.2, -0.15) is 0 Å². The minimum Gasteiger partial charge on any atom is -0.484 e. The Labute approximate surface area is 179 Å². The fraction of sp³-hybridized carbons (Fsp3) is 0.409. The monoisotopic (exact) mass is 431 g/mol. The molecule has 8 heteroatoms. The third-order valence-electron chi connectivity index (χ3n) is 5.95. The second kappa shape index (κ2) is 7.54. The van der Waals surface area contributed by atoms with Gasteiger partial charge in [-0.1, -0.05) is 17.7 Å². The first-order valence-electron chi connectivity index (χ1n) is 9.81. The summed E-state index contributed by atoms with van der Waals surface area (Å²) in [5, 5.41) is 5.95. The number of aryl methyl sites for hydroxylation is 2. The van der Waals surface area contributed by atoms with Crippen LogP contribution in [0.15, 0.2) is 30.3 Å². The number of hydrogen-bond acceptors (Lipinski definition) is 4. The van der Waals surface area contributed by atoms with Crippen molar-refractivity contribution < 1.29 is 18.7 Å². The Bertz CT molecular complexity index is 1010. The van der Waals surface area contributed by atoms with Crippen LogP contribution in [-0.2, 0) is 16.1 Å². The van der Waals surface area contributed by atoms with Gasteiger partial charge in [-0.25, -0.2) is 4.39 Å². The molecule has 0 saturated heterocycles. The van der Waals surface area contributed by atoms with E-state index in [4.69, 9.17) is 16.3 Å². The van der Waals surface area contributed by atoms with Crippen LogP contribution in [0, 0.1) is 25.1 Å². The standard InChI is InChI=1S/C22H23ClFN3O3/c1-13-3-4-15(14(2)26-13)8-25-20(29)21-10-22(11-21,12-21)27-19(28)9-30-16-5-6-17(23)18(24)7-16/h3-7H,8-12H2,1-2H3,(H,25,29)(H,27,28). The van der Waals surface area contributed by atoms with Crippen molar-refractivity contribution in [3.63, 3.8) is 0 Å². The van der Waals surface area contributed by atoms with Gasteiger partial charge in [0, 0.05) is 29.5 Å². The first kappa shape index (κ1) is 20.6. The molecule has 0 aliphatic heterocycles. The first-order valence-corrected chi connectivity index (χ1v) is 10.2. The molecule has 3 saturated carbocycles. The van der Waals surface area contributed by atoms with Gasteiger partial charge in [-0.05, 0) is 56.9 Å². The maximum absolute atomic E-state index is 13.4. The van der Waals surface area contributed by atoms with E-state index in [1.165, 1.54) is 12.1 Å². The Morgan fingerprint density at radius 3 is 2.60 bits per heavy atom. The number of nitrogens with zero attached hydrogens (tertiary/aromatic N) is 1. The third-order valence-corrected chi connectivity index (χ3v) is 6.26. The van der Waals surface area contributed by atoms with Crippen molar-refractivity contribution in [2.75, 3.05) is 6.61 Å². The summed E-state index contributed by atoms with van der Waals surface area (Å²) in [5.74, 6) is -0.633. The Kier molecular flexibility index (Phi) is 5.18. The van der Waals surface area contributed by atoms with Gasteiger partial charge in [0.05, 0.1) is 10.4 Å². The summed E-state index contributed by atoms with van der Waals surface area (Å²) < 4.78 is 18.7. The lowest BCUT2D eigenvalue weighted by molar-refractivity contribution is -0.184. The van der Waals surface area contributed by atoms with Crippen LogP contribution in [-0.4, -0.2) is 28.9 Å². The van der Waals surface area contributed by atoms with Gasteiger partial charge in [-0.3, -0.25) is 14.6 Å². The highest BCUT2D eigenvalue weighted by Crippen LogP contribution is 2.67. The molecule has 2 aromatic rings. The lowest BCUT2D eigenvalue weighted by Crippen LogP contribution is -2.78. The fourth-order valence-corrected chi connectivity index (χ4v) is 4.59.